The number of para-hydroxylation sites is 2. The molecule has 1 saturated heterocycles. The molecule has 2 heterocycles. The summed E-state index contributed by atoms with van der Waals surface area (Å²) in [4.78, 5) is 41.6. The number of ether oxygens (including phenoxy) is 3. The Kier molecular flexibility index (Phi) is 9.16. The van der Waals surface area contributed by atoms with Crippen molar-refractivity contribution in [3.63, 3.8) is 0 Å². The molecule has 0 unspecified atom stereocenters. The van der Waals surface area contributed by atoms with E-state index in [9.17, 15) is 14.4 Å². The van der Waals surface area contributed by atoms with E-state index in [1.165, 1.54) is 30.7 Å². The highest BCUT2D eigenvalue weighted by Gasteiger charge is 2.36. The van der Waals surface area contributed by atoms with Gasteiger partial charge in [0.25, 0.3) is 0 Å². The zero-order valence-electron chi connectivity index (χ0n) is 24.3. The summed E-state index contributed by atoms with van der Waals surface area (Å²) in [5.74, 6) is -0.352. The van der Waals surface area contributed by atoms with Crippen LogP contribution in [0.25, 0.3) is 11.0 Å². The summed E-state index contributed by atoms with van der Waals surface area (Å²) in [6.07, 6.45) is 1.64. The first-order chi connectivity index (χ1) is 20.9. The summed E-state index contributed by atoms with van der Waals surface area (Å²) in [5.41, 5.74) is 2.71. The van der Waals surface area contributed by atoms with E-state index in [0.717, 1.165) is 12.8 Å². The minimum Gasteiger partial charge on any atom is -0.493 e. The van der Waals surface area contributed by atoms with Gasteiger partial charge in [0.15, 0.2) is 11.5 Å². The van der Waals surface area contributed by atoms with Crippen molar-refractivity contribution in [1.82, 2.24) is 20.3 Å². The number of aromatic nitrogens is 3. The van der Waals surface area contributed by atoms with E-state index in [1.807, 2.05) is 24.3 Å². The molecule has 1 aliphatic heterocycles. The Hall–Kier alpha value is -4.97. The van der Waals surface area contributed by atoms with Gasteiger partial charge in [0.2, 0.25) is 17.7 Å². The number of hydrogen-bond acceptors (Lipinski definition) is 8. The fourth-order valence-corrected chi connectivity index (χ4v) is 5.23. The normalized spacial score (nSPS) is 15.1. The van der Waals surface area contributed by atoms with Crippen LogP contribution in [-0.2, 0) is 25.7 Å². The van der Waals surface area contributed by atoms with Crippen molar-refractivity contribution in [2.75, 3.05) is 37.6 Å². The molecule has 12 heteroatoms. The van der Waals surface area contributed by atoms with Crippen molar-refractivity contribution in [1.29, 1.82) is 0 Å². The molecule has 2 atom stereocenters. The van der Waals surface area contributed by atoms with E-state index in [0.29, 0.717) is 52.6 Å². The lowest BCUT2D eigenvalue weighted by molar-refractivity contribution is -0.127. The summed E-state index contributed by atoms with van der Waals surface area (Å²) in [7, 11) is 2.99. The summed E-state index contributed by atoms with van der Waals surface area (Å²) < 4.78 is 18.5. The Bertz CT molecular complexity index is 1600. The summed E-state index contributed by atoms with van der Waals surface area (Å²) in [6, 6.07) is 18.0. The molecule has 2 N–H and O–H groups in total. The standard InChI is InChI=1S/C31H34N6O6/c1-20(38)33-21-13-15-22(16-14-21)37(28(39)19-36-26-11-5-4-10-25(26)34-35-36)29(31(40)32-18-23-8-7-17-43-23)24-9-6-12-27(41-2)30(24)42-3/h4-6,9-16,23,29H,7-8,17-19H2,1-3H3,(H,32,40)(H,33,38)/t23-,29+/m1/s1. The Morgan fingerprint density at radius 2 is 1.84 bits per heavy atom. The molecule has 0 saturated carbocycles. The van der Waals surface area contributed by atoms with E-state index in [1.54, 1.807) is 42.5 Å². The van der Waals surface area contributed by atoms with Crippen LogP contribution in [0.15, 0.2) is 66.7 Å². The maximum absolute atomic E-state index is 14.3. The highest BCUT2D eigenvalue weighted by Crippen LogP contribution is 2.39. The lowest BCUT2D eigenvalue weighted by Crippen LogP contribution is -2.46. The van der Waals surface area contributed by atoms with Crippen molar-refractivity contribution in [2.24, 2.45) is 0 Å². The van der Waals surface area contributed by atoms with Crippen LogP contribution in [0.3, 0.4) is 0 Å². The van der Waals surface area contributed by atoms with Gasteiger partial charge in [-0.25, -0.2) is 4.68 Å². The van der Waals surface area contributed by atoms with Crippen molar-refractivity contribution < 1.29 is 28.6 Å². The van der Waals surface area contributed by atoms with Gasteiger partial charge in [-0.05, 0) is 55.3 Å². The molecule has 43 heavy (non-hydrogen) atoms. The SMILES string of the molecule is COc1cccc([C@@H](C(=O)NC[C@H]2CCCO2)N(C(=O)Cn2nnc3ccccc32)c2ccc(NC(C)=O)cc2)c1OC. The lowest BCUT2D eigenvalue weighted by Gasteiger charge is -2.33. The van der Waals surface area contributed by atoms with Gasteiger partial charge in [0.1, 0.15) is 18.1 Å². The second kappa shape index (κ2) is 13.3. The van der Waals surface area contributed by atoms with Crippen LogP contribution in [0.2, 0.25) is 0 Å². The Labute approximate surface area is 248 Å². The van der Waals surface area contributed by atoms with Gasteiger partial charge in [-0.3, -0.25) is 19.3 Å². The lowest BCUT2D eigenvalue weighted by atomic mass is 10.0. The van der Waals surface area contributed by atoms with E-state index in [2.05, 4.69) is 20.9 Å². The number of nitrogens with one attached hydrogen (secondary N) is 2. The van der Waals surface area contributed by atoms with Crippen LogP contribution in [0.4, 0.5) is 11.4 Å². The van der Waals surface area contributed by atoms with Crippen LogP contribution in [0, 0.1) is 0 Å². The van der Waals surface area contributed by atoms with E-state index in [-0.39, 0.29) is 18.6 Å². The largest absolute Gasteiger partial charge is 0.493 e. The second-order valence-electron chi connectivity index (χ2n) is 10.1. The van der Waals surface area contributed by atoms with Gasteiger partial charge < -0.3 is 24.8 Å². The highest BCUT2D eigenvalue weighted by molar-refractivity contribution is 6.02. The Morgan fingerprint density at radius 1 is 1.05 bits per heavy atom. The first-order valence-electron chi connectivity index (χ1n) is 14.0. The van der Waals surface area contributed by atoms with Crippen LogP contribution in [0.1, 0.15) is 31.4 Å². The molecule has 224 valence electrons. The second-order valence-corrected chi connectivity index (χ2v) is 10.1. The third kappa shape index (κ3) is 6.59. The third-order valence-corrected chi connectivity index (χ3v) is 7.20. The third-order valence-electron chi connectivity index (χ3n) is 7.20. The topological polar surface area (TPSA) is 137 Å². The number of amides is 3. The maximum atomic E-state index is 14.3. The predicted molar refractivity (Wildman–Crippen MR) is 160 cm³/mol. The van der Waals surface area contributed by atoms with Crippen LogP contribution in [0.5, 0.6) is 11.5 Å². The molecule has 12 nitrogen and oxygen atoms in total. The number of nitrogens with zero attached hydrogens (tertiary/aromatic N) is 4. The molecule has 1 aliphatic rings. The fourth-order valence-electron chi connectivity index (χ4n) is 5.23. The van der Waals surface area contributed by atoms with Crippen LogP contribution >= 0.6 is 0 Å². The monoisotopic (exact) mass is 586 g/mol. The minimum atomic E-state index is -1.17. The smallest absolute Gasteiger partial charge is 0.249 e. The molecular formula is C31H34N6O6. The van der Waals surface area contributed by atoms with Crippen LogP contribution < -0.4 is 25.0 Å². The van der Waals surface area contributed by atoms with E-state index < -0.39 is 17.9 Å². The number of carbonyl (C=O) groups excluding carboxylic acids is 3. The first-order valence-corrected chi connectivity index (χ1v) is 14.0. The van der Waals surface area contributed by atoms with Gasteiger partial charge in [-0.15, -0.1) is 5.10 Å². The summed E-state index contributed by atoms with van der Waals surface area (Å²) >= 11 is 0. The molecule has 3 aromatic carbocycles. The quantitative estimate of drug-likeness (QED) is 0.273. The summed E-state index contributed by atoms with van der Waals surface area (Å²) in [5, 5.41) is 14.1. The molecule has 3 amide bonds. The average molecular weight is 587 g/mol. The van der Waals surface area contributed by atoms with Gasteiger partial charge in [0, 0.05) is 37.0 Å². The first kappa shape index (κ1) is 29.5. The number of anilines is 2. The molecule has 0 aliphatic carbocycles. The van der Waals surface area contributed by atoms with Crippen molar-refractivity contribution in [3.8, 4) is 11.5 Å². The molecule has 0 radical (unpaired) electrons. The van der Waals surface area contributed by atoms with Gasteiger partial charge >= 0.3 is 0 Å². The number of carbonyl (C=O) groups is 3. The molecule has 0 spiro atoms. The van der Waals surface area contributed by atoms with Crippen molar-refractivity contribution in [2.45, 2.75) is 38.5 Å². The molecule has 1 aromatic heterocycles. The minimum absolute atomic E-state index is 0.112. The molecular weight excluding hydrogens is 552 g/mol. The number of methoxy groups -OCH3 is 2. The molecule has 1 fully saturated rings. The number of hydrogen-bond donors (Lipinski definition) is 2. The zero-order chi connectivity index (χ0) is 30.3. The van der Waals surface area contributed by atoms with E-state index >= 15 is 0 Å². The molecule has 5 rings (SSSR count). The highest BCUT2D eigenvalue weighted by atomic mass is 16.5. The number of fused-ring (bicyclic) bond motifs is 1. The maximum Gasteiger partial charge on any atom is 0.249 e. The Balaban J connectivity index is 1.60. The van der Waals surface area contributed by atoms with Gasteiger partial charge in [0.05, 0.1) is 25.8 Å². The van der Waals surface area contributed by atoms with Gasteiger partial charge in [-0.1, -0.05) is 29.5 Å². The summed E-state index contributed by atoms with van der Waals surface area (Å²) in [6.45, 7) is 2.15. The van der Waals surface area contributed by atoms with E-state index in [4.69, 9.17) is 14.2 Å². The number of benzene rings is 3. The van der Waals surface area contributed by atoms with Crippen LogP contribution in [-0.4, -0.2) is 66.2 Å². The van der Waals surface area contributed by atoms with Crippen molar-refractivity contribution in [3.05, 3.63) is 72.3 Å². The predicted octanol–water partition coefficient (Wildman–Crippen LogP) is 3.48. The fraction of sp³-hybridized carbons (Fsp3) is 0.323. The molecule has 4 aromatic rings. The zero-order valence-corrected chi connectivity index (χ0v) is 24.3. The van der Waals surface area contributed by atoms with Gasteiger partial charge in [-0.2, -0.15) is 0 Å². The Morgan fingerprint density at radius 3 is 2.53 bits per heavy atom. The van der Waals surface area contributed by atoms with Crippen molar-refractivity contribution >= 4 is 40.1 Å². The molecule has 0 bridgehead atoms. The average Bonchev–Trinajstić information content (AvgIpc) is 3.69. The number of rotatable bonds is 11.